The Hall–Kier alpha value is -0.590. The number of piperidine rings is 1. The van der Waals surface area contributed by atoms with Crippen molar-refractivity contribution in [2.75, 3.05) is 13.1 Å². The third kappa shape index (κ3) is 3.18. The van der Waals surface area contributed by atoms with Crippen LogP contribution in [0.4, 0.5) is 0 Å². The van der Waals surface area contributed by atoms with Crippen molar-refractivity contribution in [3.63, 3.8) is 0 Å². The number of hydrogen-bond donors (Lipinski definition) is 1. The molecule has 20 heavy (non-hydrogen) atoms. The highest BCUT2D eigenvalue weighted by Gasteiger charge is 2.43. The molecule has 0 aromatic rings. The fraction of sp³-hybridized carbons (Fsp3) is 0.941. The van der Waals surface area contributed by atoms with Crippen LogP contribution in [0, 0.1) is 16.7 Å². The van der Waals surface area contributed by atoms with Gasteiger partial charge in [0.25, 0.3) is 0 Å². The summed E-state index contributed by atoms with van der Waals surface area (Å²) in [7, 11) is 0. The van der Waals surface area contributed by atoms with Gasteiger partial charge in [-0.15, -0.1) is 0 Å². The summed E-state index contributed by atoms with van der Waals surface area (Å²) in [6, 6.07) is 3.89. The van der Waals surface area contributed by atoms with Crippen molar-refractivity contribution in [2.45, 2.75) is 82.8 Å². The van der Waals surface area contributed by atoms with Crippen LogP contribution >= 0.6 is 0 Å². The molecule has 3 fully saturated rings. The topological polar surface area (TPSA) is 39.1 Å². The maximum absolute atomic E-state index is 9.71. The van der Waals surface area contributed by atoms with Crippen LogP contribution in [0.15, 0.2) is 0 Å². The zero-order valence-electron chi connectivity index (χ0n) is 13.1. The summed E-state index contributed by atoms with van der Waals surface area (Å²) in [4.78, 5) is 2.68. The smallest absolute Gasteiger partial charge is 0.108 e. The van der Waals surface area contributed by atoms with E-state index in [1.54, 1.807) is 0 Å². The minimum atomic E-state index is -0.230. The lowest BCUT2D eigenvalue weighted by atomic mass is 9.77. The molecule has 0 amide bonds. The van der Waals surface area contributed by atoms with Crippen molar-refractivity contribution in [3.05, 3.63) is 0 Å². The second-order valence-corrected chi connectivity index (χ2v) is 8.10. The van der Waals surface area contributed by atoms with Crippen molar-refractivity contribution in [1.82, 2.24) is 10.2 Å². The molecule has 0 bridgehead atoms. The second kappa shape index (κ2) is 5.31. The maximum atomic E-state index is 9.71. The van der Waals surface area contributed by atoms with Gasteiger partial charge in [-0.05, 0) is 63.3 Å². The average Bonchev–Trinajstić information content (AvgIpc) is 3.22. The fourth-order valence-corrected chi connectivity index (χ4v) is 4.22. The van der Waals surface area contributed by atoms with Crippen LogP contribution in [0.1, 0.15) is 65.2 Å². The number of hydrogen-bond acceptors (Lipinski definition) is 3. The maximum Gasteiger partial charge on any atom is 0.108 e. The third-order valence-electron chi connectivity index (χ3n) is 5.44. The van der Waals surface area contributed by atoms with Crippen LogP contribution < -0.4 is 5.32 Å². The normalized spacial score (nSPS) is 38.4. The Morgan fingerprint density at radius 3 is 2.60 bits per heavy atom. The van der Waals surface area contributed by atoms with E-state index in [0.29, 0.717) is 17.5 Å². The molecule has 2 atom stereocenters. The van der Waals surface area contributed by atoms with Crippen molar-refractivity contribution in [2.24, 2.45) is 5.41 Å². The first-order valence-corrected chi connectivity index (χ1v) is 8.45. The van der Waals surface area contributed by atoms with Crippen LogP contribution in [0.5, 0.6) is 0 Å². The largest absolute Gasteiger partial charge is 0.300 e. The predicted molar refractivity (Wildman–Crippen MR) is 81.3 cm³/mol. The van der Waals surface area contributed by atoms with E-state index in [2.05, 4.69) is 30.1 Å². The molecule has 0 aromatic heterocycles. The van der Waals surface area contributed by atoms with E-state index in [4.69, 9.17) is 0 Å². The van der Waals surface area contributed by atoms with E-state index in [1.165, 1.54) is 51.6 Å². The van der Waals surface area contributed by atoms with E-state index in [9.17, 15) is 5.26 Å². The lowest BCUT2D eigenvalue weighted by Crippen LogP contribution is -2.55. The quantitative estimate of drug-likeness (QED) is 0.860. The summed E-state index contributed by atoms with van der Waals surface area (Å²) in [6.45, 7) is 7.23. The summed E-state index contributed by atoms with van der Waals surface area (Å²) in [5.41, 5.74) is 0.223. The molecule has 2 unspecified atom stereocenters. The van der Waals surface area contributed by atoms with E-state index in [-0.39, 0.29) is 5.54 Å². The van der Waals surface area contributed by atoms with Gasteiger partial charge in [-0.2, -0.15) is 5.26 Å². The summed E-state index contributed by atoms with van der Waals surface area (Å²) in [5, 5.41) is 13.4. The van der Waals surface area contributed by atoms with Gasteiger partial charge in [0, 0.05) is 18.6 Å². The van der Waals surface area contributed by atoms with E-state index in [0.717, 1.165) is 12.8 Å². The molecule has 3 aliphatic rings. The highest BCUT2D eigenvalue weighted by Crippen LogP contribution is 2.37. The molecular weight excluding hydrogens is 246 g/mol. The van der Waals surface area contributed by atoms with Crippen LogP contribution in [-0.4, -0.2) is 35.6 Å². The first-order valence-electron chi connectivity index (χ1n) is 8.45. The Labute approximate surface area is 123 Å². The highest BCUT2D eigenvalue weighted by molar-refractivity contribution is 5.13. The molecule has 0 spiro atoms. The molecule has 0 aromatic carbocycles. The van der Waals surface area contributed by atoms with Gasteiger partial charge in [-0.3, -0.25) is 10.2 Å². The number of rotatable bonds is 3. The van der Waals surface area contributed by atoms with Gasteiger partial charge in [0.15, 0.2) is 0 Å². The van der Waals surface area contributed by atoms with Gasteiger partial charge in [-0.25, -0.2) is 0 Å². The van der Waals surface area contributed by atoms with Crippen molar-refractivity contribution in [3.8, 4) is 6.07 Å². The number of likely N-dealkylation sites (tertiary alicyclic amines) is 1. The van der Waals surface area contributed by atoms with Crippen LogP contribution in [-0.2, 0) is 0 Å². The molecule has 3 nitrogen and oxygen atoms in total. The second-order valence-electron chi connectivity index (χ2n) is 8.10. The van der Waals surface area contributed by atoms with Crippen LogP contribution in [0.3, 0.4) is 0 Å². The van der Waals surface area contributed by atoms with Gasteiger partial charge in [0.1, 0.15) is 5.54 Å². The van der Waals surface area contributed by atoms with Crippen molar-refractivity contribution in [1.29, 1.82) is 5.26 Å². The van der Waals surface area contributed by atoms with E-state index in [1.807, 2.05) is 0 Å². The first-order chi connectivity index (χ1) is 9.52. The Bertz CT molecular complexity index is 394. The van der Waals surface area contributed by atoms with Gasteiger partial charge >= 0.3 is 0 Å². The predicted octanol–water partition coefficient (Wildman–Crippen LogP) is 3.07. The molecule has 3 heteroatoms. The summed E-state index contributed by atoms with van der Waals surface area (Å²) >= 11 is 0. The number of nitrogens with zero attached hydrogens (tertiary/aromatic N) is 2. The lowest BCUT2D eigenvalue weighted by molar-refractivity contribution is 0.0462. The fourth-order valence-electron chi connectivity index (χ4n) is 4.22. The van der Waals surface area contributed by atoms with Crippen molar-refractivity contribution < 1.29 is 0 Å². The summed E-state index contributed by atoms with van der Waals surface area (Å²) in [5.74, 6) is 0. The summed E-state index contributed by atoms with van der Waals surface area (Å²) in [6.07, 6.45) is 9.78. The Morgan fingerprint density at radius 2 is 1.95 bits per heavy atom. The van der Waals surface area contributed by atoms with E-state index >= 15 is 0 Å². The molecule has 1 N–H and O–H groups in total. The molecular formula is C17H29N3. The van der Waals surface area contributed by atoms with Gasteiger partial charge in [-0.1, -0.05) is 13.8 Å². The lowest BCUT2D eigenvalue weighted by Gasteiger charge is -2.47. The average molecular weight is 275 g/mol. The standard InChI is InChI=1S/C17H29N3/c1-16(2)8-4-10-20(13-16)15-5-3-9-17(11-15,12-18)19-14-6-7-14/h14-15,19H,3-11,13H2,1-2H3. The van der Waals surface area contributed by atoms with Crippen LogP contribution in [0.25, 0.3) is 0 Å². The highest BCUT2D eigenvalue weighted by atomic mass is 15.2. The van der Waals surface area contributed by atoms with Crippen molar-refractivity contribution >= 4 is 0 Å². The molecule has 0 radical (unpaired) electrons. The van der Waals surface area contributed by atoms with Gasteiger partial charge < -0.3 is 0 Å². The first kappa shape index (κ1) is 14.4. The zero-order valence-corrected chi connectivity index (χ0v) is 13.1. The molecule has 1 saturated heterocycles. The molecule has 112 valence electrons. The van der Waals surface area contributed by atoms with Gasteiger partial charge in [0.2, 0.25) is 0 Å². The Morgan fingerprint density at radius 1 is 1.15 bits per heavy atom. The number of nitriles is 1. The molecule has 1 heterocycles. The monoisotopic (exact) mass is 275 g/mol. The Kier molecular flexibility index (Phi) is 3.81. The van der Waals surface area contributed by atoms with Gasteiger partial charge in [0.05, 0.1) is 6.07 Å². The molecule has 1 aliphatic heterocycles. The number of nitrogens with one attached hydrogen (secondary N) is 1. The Balaban J connectivity index is 1.66. The third-order valence-corrected chi connectivity index (χ3v) is 5.44. The van der Waals surface area contributed by atoms with Crippen LogP contribution in [0.2, 0.25) is 0 Å². The summed E-state index contributed by atoms with van der Waals surface area (Å²) < 4.78 is 0. The SMILES string of the molecule is CC1(C)CCCN(C2CCCC(C#N)(NC3CC3)C2)C1. The molecule has 2 aliphatic carbocycles. The van der Waals surface area contributed by atoms with E-state index < -0.39 is 0 Å². The molecule has 2 saturated carbocycles. The zero-order chi connectivity index (χ0) is 14.2. The minimum Gasteiger partial charge on any atom is -0.300 e. The molecule has 3 rings (SSSR count). The minimum absolute atomic E-state index is 0.230.